The molecular weight excluding hydrogens is 257 g/mol. The molecular formula is C15H20FN3O. The van der Waals surface area contributed by atoms with Crippen LogP contribution in [0.2, 0.25) is 0 Å². The maximum atomic E-state index is 13.1. The van der Waals surface area contributed by atoms with E-state index in [1.54, 1.807) is 12.1 Å². The zero-order chi connectivity index (χ0) is 13.9. The number of nitrogens with one attached hydrogen (secondary N) is 2. The first kappa shape index (κ1) is 13.5. The molecule has 0 spiro atoms. The SMILES string of the molecule is O=C(CN1C[C@@H]2CCCN[C@@H]2C1)Nc1cccc(F)c1. The summed E-state index contributed by atoms with van der Waals surface area (Å²) in [6.07, 6.45) is 2.48. The summed E-state index contributed by atoms with van der Waals surface area (Å²) in [5.41, 5.74) is 0.518. The zero-order valence-electron chi connectivity index (χ0n) is 11.4. The molecule has 2 saturated heterocycles. The van der Waals surface area contributed by atoms with Gasteiger partial charge in [-0.25, -0.2) is 4.39 Å². The van der Waals surface area contributed by atoms with Gasteiger partial charge in [-0.3, -0.25) is 9.69 Å². The molecule has 20 heavy (non-hydrogen) atoms. The number of carbonyl (C=O) groups excluding carboxylic acids is 1. The first-order chi connectivity index (χ1) is 9.70. The zero-order valence-corrected chi connectivity index (χ0v) is 11.4. The van der Waals surface area contributed by atoms with Gasteiger partial charge >= 0.3 is 0 Å². The van der Waals surface area contributed by atoms with Gasteiger partial charge in [0.25, 0.3) is 0 Å². The molecule has 2 atom stereocenters. The molecule has 0 unspecified atom stereocenters. The first-order valence-corrected chi connectivity index (χ1v) is 7.22. The second-order valence-electron chi connectivity index (χ2n) is 5.72. The molecule has 1 amide bonds. The number of piperidine rings is 1. The van der Waals surface area contributed by atoms with Gasteiger partial charge in [0.2, 0.25) is 5.91 Å². The highest BCUT2D eigenvalue weighted by molar-refractivity contribution is 5.92. The van der Waals surface area contributed by atoms with E-state index in [1.165, 1.54) is 25.0 Å². The Bertz CT molecular complexity index is 480. The van der Waals surface area contributed by atoms with Crippen LogP contribution in [-0.4, -0.2) is 43.0 Å². The summed E-state index contributed by atoms with van der Waals surface area (Å²) >= 11 is 0. The van der Waals surface area contributed by atoms with Crippen molar-refractivity contribution < 1.29 is 9.18 Å². The summed E-state index contributed by atoms with van der Waals surface area (Å²) in [5.74, 6) is 0.263. The van der Waals surface area contributed by atoms with Crippen molar-refractivity contribution in [2.24, 2.45) is 5.92 Å². The molecule has 2 N–H and O–H groups in total. The van der Waals surface area contributed by atoms with Crippen molar-refractivity contribution in [1.29, 1.82) is 0 Å². The summed E-state index contributed by atoms with van der Waals surface area (Å²) in [7, 11) is 0. The summed E-state index contributed by atoms with van der Waals surface area (Å²) in [5, 5.41) is 6.27. The average Bonchev–Trinajstić information content (AvgIpc) is 2.80. The van der Waals surface area contributed by atoms with E-state index < -0.39 is 0 Å². The minimum atomic E-state index is -0.334. The van der Waals surface area contributed by atoms with Crippen LogP contribution >= 0.6 is 0 Å². The number of anilines is 1. The third-order valence-electron chi connectivity index (χ3n) is 4.15. The molecule has 1 aromatic rings. The van der Waals surface area contributed by atoms with E-state index in [9.17, 15) is 9.18 Å². The van der Waals surface area contributed by atoms with Gasteiger partial charge in [-0.2, -0.15) is 0 Å². The van der Waals surface area contributed by atoms with Gasteiger partial charge in [-0.05, 0) is 43.5 Å². The Labute approximate surface area is 118 Å². The fourth-order valence-electron chi connectivity index (χ4n) is 3.24. The van der Waals surface area contributed by atoms with Crippen LogP contribution in [0.15, 0.2) is 24.3 Å². The van der Waals surface area contributed by atoms with E-state index >= 15 is 0 Å². The molecule has 0 aromatic heterocycles. The Morgan fingerprint density at radius 3 is 3.15 bits per heavy atom. The minimum absolute atomic E-state index is 0.0748. The van der Waals surface area contributed by atoms with Crippen LogP contribution in [0, 0.1) is 11.7 Å². The molecule has 2 fully saturated rings. The van der Waals surface area contributed by atoms with Gasteiger partial charge in [-0.1, -0.05) is 6.07 Å². The molecule has 1 aromatic carbocycles. The number of hydrogen-bond acceptors (Lipinski definition) is 3. The molecule has 2 heterocycles. The second-order valence-corrected chi connectivity index (χ2v) is 5.72. The van der Waals surface area contributed by atoms with Crippen LogP contribution in [0.4, 0.5) is 10.1 Å². The van der Waals surface area contributed by atoms with Gasteiger partial charge in [0.15, 0.2) is 0 Å². The largest absolute Gasteiger partial charge is 0.325 e. The van der Waals surface area contributed by atoms with Gasteiger partial charge in [-0.15, -0.1) is 0 Å². The predicted molar refractivity (Wildman–Crippen MR) is 76.0 cm³/mol. The maximum Gasteiger partial charge on any atom is 0.238 e. The van der Waals surface area contributed by atoms with Gasteiger partial charge in [0, 0.05) is 24.8 Å². The van der Waals surface area contributed by atoms with E-state index in [4.69, 9.17) is 0 Å². The lowest BCUT2D eigenvalue weighted by Crippen LogP contribution is -2.41. The lowest BCUT2D eigenvalue weighted by atomic mass is 9.94. The van der Waals surface area contributed by atoms with Crippen LogP contribution in [0.3, 0.4) is 0 Å². The topological polar surface area (TPSA) is 44.4 Å². The van der Waals surface area contributed by atoms with E-state index in [0.717, 1.165) is 19.6 Å². The molecule has 0 aliphatic carbocycles. The fourth-order valence-corrected chi connectivity index (χ4v) is 3.24. The normalized spacial score (nSPS) is 26.2. The Hall–Kier alpha value is -1.46. The molecule has 0 saturated carbocycles. The van der Waals surface area contributed by atoms with Crippen LogP contribution in [-0.2, 0) is 4.79 Å². The number of amides is 1. The number of halogens is 1. The van der Waals surface area contributed by atoms with Crippen molar-refractivity contribution in [3.63, 3.8) is 0 Å². The van der Waals surface area contributed by atoms with Crippen molar-refractivity contribution in [1.82, 2.24) is 10.2 Å². The quantitative estimate of drug-likeness (QED) is 0.879. The van der Waals surface area contributed by atoms with Crippen molar-refractivity contribution >= 4 is 11.6 Å². The number of nitrogens with zero attached hydrogens (tertiary/aromatic N) is 1. The first-order valence-electron chi connectivity index (χ1n) is 7.22. The van der Waals surface area contributed by atoms with Gasteiger partial charge in [0.05, 0.1) is 6.54 Å². The van der Waals surface area contributed by atoms with Crippen molar-refractivity contribution in [3.8, 4) is 0 Å². The molecule has 108 valence electrons. The number of benzene rings is 1. The molecule has 3 rings (SSSR count). The fraction of sp³-hybridized carbons (Fsp3) is 0.533. The molecule has 0 radical (unpaired) electrons. The van der Waals surface area contributed by atoms with Crippen LogP contribution < -0.4 is 10.6 Å². The lowest BCUT2D eigenvalue weighted by Gasteiger charge is -2.24. The summed E-state index contributed by atoms with van der Waals surface area (Å²) in [6.45, 7) is 3.38. The van der Waals surface area contributed by atoms with Gasteiger partial charge in [0.1, 0.15) is 5.82 Å². The number of rotatable bonds is 3. The molecule has 2 aliphatic rings. The Kier molecular flexibility index (Phi) is 3.98. The Balaban J connectivity index is 1.52. The highest BCUT2D eigenvalue weighted by Crippen LogP contribution is 2.24. The Morgan fingerprint density at radius 1 is 1.45 bits per heavy atom. The third-order valence-corrected chi connectivity index (χ3v) is 4.15. The standard InChI is InChI=1S/C15H20FN3O/c16-12-4-1-5-13(7-12)18-15(20)10-19-8-11-3-2-6-17-14(11)9-19/h1,4-5,7,11,14,17H,2-3,6,8-10H2,(H,18,20)/t11-,14+/m0/s1. The van der Waals surface area contributed by atoms with E-state index in [1.807, 2.05) is 0 Å². The van der Waals surface area contributed by atoms with Gasteiger partial charge < -0.3 is 10.6 Å². The van der Waals surface area contributed by atoms with Crippen LogP contribution in [0.1, 0.15) is 12.8 Å². The van der Waals surface area contributed by atoms with Crippen molar-refractivity contribution in [2.75, 3.05) is 31.5 Å². The highest BCUT2D eigenvalue weighted by atomic mass is 19.1. The predicted octanol–water partition coefficient (Wildman–Crippen LogP) is 1.45. The Morgan fingerprint density at radius 2 is 2.35 bits per heavy atom. The lowest BCUT2D eigenvalue weighted by molar-refractivity contribution is -0.117. The molecule has 5 heteroatoms. The molecule has 2 aliphatic heterocycles. The van der Waals surface area contributed by atoms with E-state index in [2.05, 4.69) is 15.5 Å². The second kappa shape index (κ2) is 5.89. The monoisotopic (exact) mass is 277 g/mol. The third kappa shape index (κ3) is 3.16. The molecule has 4 nitrogen and oxygen atoms in total. The maximum absolute atomic E-state index is 13.1. The van der Waals surface area contributed by atoms with Crippen LogP contribution in [0.25, 0.3) is 0 Å². The number of carbonyl (C=O) groups is 1. The highest BCUT2D eigenvalue weighted by Gasteiger charge is 2.34. The van der Waals surface area contributed by atoms with Crippen LogP contribution in [0.5, 0.6) is 0 Å². The summed E-state index contributed by atoms with van der Waals surface area (Å²) < 4.78 is 13.1. The number of hydrogen-bond donors (Lipinski definition) is 2. The minimum Gasteiger partial charge on any atom is -0.325 e. The van der Waals surface area contributed by atoms with E-state index in [0.29, 0.717) is 24.2 Å². The number of likely N-dealkylation sites (tertiary alicyclic amines) is 1. The summed E-state index contributed by atoms with van der Waals surface area (Å²) in [6, 6.07) is 6.53. The van der Waals surface area contributed by atoms with E-state index in [-0.39, 0.29) is 11.7 Å². The average molecular weight is 277 g/mol. The molecule has 0 bridgehead atoms. The number of fused-ring (bicyclic) bond motifs is 1. The summed E-state index contributed by atoms with van der Waals surface area (Å²) in [4.78, 5) is 14.2. The van der Waals surface area contributed by atoms with Crippen molar-refractivity contribution in [3.05, 3.63) is 30.1 Å². The smallest absolute Gasteiger partial charge is 0.238 e. The van der Waals surface area contributed by atoms with Crippen molar-refractivity contribution in [2.45, 2.75) is 18.9 Å².